The highest BCUT2D eigenvalue weighted by atomic mass is 127. The molecule has 1 aliphatic rings. The molecule has 1 heterocycles. The first kappa shape index (κ1) is 22.0. The van der Waals surface area contributed by atoms with E-state index in [4.69, 9.17) is 4.74 Å². The first-order valence-electron chi connectivity index (χ1n) is 9.10. The number of nitrogens with zero attached hydrogens (tertiary/aromatic N) is 1. The van der Waals surface area contributed by atoms with Crippen LogP contribution in [0, 0.1) is 28.0 Å². The second-order valence-corrected chi connectivity index (χ2v) is 9.27. The number of rotatable bonds is 4. The molecule has 1 amide bonds. The molecule has 2 rings (SSSR count). The molecule has 0 atom stereocenters. The van der Waals surface area contributed by atoms with Gasteiger partial charge in [0.15, 0.2) is 11.6 Å². The van der Waals surface area contributed by atoms with Crippen molar-refractivity contribution in [2.45, 2.75) is 59.0 Å². The van der Waals surface area contributed by atoms with Crippen LogP contribution in [0.3, 0.4) is 0 Å². The molecule has 0 aliphatic carbocycles. The Kier molecular flexibility index (Phi) is 7.21. The Hall–Kier alpha value is -1.25. The van der Waals surface area contributed by atoms with E-state index in [0.29, 0.717) is 35.9 Å². The average molecular weight is 493 g/mol. The summed E-state index contributed by atoms with van der Waals surface area (Å²) in [7, 11) is 0. The third-order valence-electron chi connectivity index (χ3n) is 4.59. The van der Waals surface area contributed by atoms with Crippen molar-refractivity contribution in [3.8, 4) is 0 Å². The molecule has 0 bridgehead atoms. The number of Topliss-reactive ketones (excluding diaryl/α,β-unsaturated/α-hetero) is 1. The number of amides is 1. The number of hydrogen-bond acceptors (Lipinski definition) is 3. The lowest BCUT2D eigenvalue weighted by Gasteiger charge is -2.33. The second-order valence-electron chi connectivity index (χ2n) is 8.11. The summed E-state index contributed by atoms with van der Waals surface area (Å²) in [5.74, 6) is -1.77. The Morgan fingerprint density at radius 1 is 1.22 bits per heavy atom. The normalized spacial score (nSPS) is 15.7. The zero-order valence-electron chi connectivity index (χ0n) is 16.2. The van der Waals surface area contributed by atoms with Gasteiger partial charge in [0, 0.05) is 35.1 Å². The number of likely N-dealkylation sites (tertiary alicyclic amines) is 1. The largest absolute Gasteiger partial charge is 0.444 e. The van der Waals surface area contributed by atoms with Crippen molar-refractivity contribution in [3.63, 3.8) is 0 Å². The van der Waals surface area contributed by atoms with Crippen LogP contribution in [0.5, 0.6) is 0 Å². The Labute approximate surface area is 172 Å². The minimum absolute atomic E-state index is 0.104. The summed E-state index contributed by atoms with van der Waals surface area (Å²) in [5.41, 5.74) is -0.161. The van der Waals surface area contributed by atoms with Gasteiger partial charge in [0.2, 0.25) is 0 Å². The molecular formula is C20H26F2INO3. The van der Waals surface area contributed by atoms with Crippen molar-refractivity contribution in [1.82, 2.24) is 4.90 Å². The van der Waals surface area contributed by atoms with E-state index in [1.807, 2.05) is 43.4 Å². The van der Waals surface area contributed by atoms with Gasteiger partial charge in [-0.1, -0.05) is 0 Å². The molecule has 4 nitrogen and oxygen atoms in total. The van der Waals surface area contributed by atoms with Gasteiger partial charge in [0.05, 0.1) is 0 Å². The van der Waals surface area contributed by atoms with E-state index in [0.717, 1.165) is 0 Å². The van der Waals surface area contributed by atoms with Crippen LogP contribution in [0.25, 0.3) is 0 Å². The highest BCUT2D eigenvalue weighted by molar-refractivity contribution is 14.1. The number of carbonyl (C=O) groups is 2. The van der Waals surface area contributed by atoms with Crippen molar-refractivity contribution in [1.29, 1.82) is 0 Å². The van der Waals surface area contributed by atoms with Crippen LogP contribution in [-0.2, 0) is 16.0 Å². The Bertz CT molecular complexity index is 723. The van der Waals surface area contributed by atoms with Crippen molar-refractivity contribution in [2.24, 2.45) is 5.92 Å². The van der Waals surface area contributed by atoms with E-state index in [9.17, 15) is 18.4 Å². The zero-order chi connectivity index (χ0) is 20.4. The van der Waals surface area contributed by atoms with E-state index in [1.165, 1.54) is 6.92 Å². The summed E-state index contributed by atoms with van der Waals surface area (Å²) < 4.78 is 33.9. The number of halogens is 3. The molecule has 27 heavy (non-hydrogen) atoms. The van der Waals surface area contributed by atoms with Crippen LogP contribution >= 0.6 is 22.6 Å². The van der Waals surface area contributed by atoms with Gasteiger partial charge in [-0.25, -0.2) is 13.6 Å². The summed E-state index contributed by atoms with van der Waals surface area (Å²) in [4.78, 5) is 26.1. The number of aryl methyl sites for hydroxylation is 1. The quantitative estimate of drug-likeness (QED) is 0.437. The molecular weight excluding hydrogens is 467 g/mol. The number of benzene rings is 1. The molecule has 0 unspecified atom stereocenters. The maximum atomic E-state index is 14.1. The lowest BCUT2D eigenvalue weighted by atomic mass is 9.90. The number of ether oxygens (including phenoxy) is 1. The molecule has 0 saturated carbocycles. The molecule has 0 radical (unpaired) electrons. The fourth-order valence-corrected chi connectivity index (χ4v) is 4.05. The standard InChI is InChI=1S/C20H26F2INO3/c1-12-9-16(23)15(18(22)17(12)21)11-14(25)10-13-5-7-24(8-6-13)19(26)27-20(2,3)4/h9,13H,5-8,10-11H2,1-4H3. The minimum atomic E-state index is -0.924. The molecule has 7 heteroatoms. The van der Waals surface area contributed by atoms with Crippen LogP contribution in [0.2, 0.25) is 0 Å². The summed E-state index contributed by atoms with van der Waals surface area (Å²) in [6.45, 7) is 8.06. The minimum Gasteiger partial charge on any atom is -0.444 e. The maximum absolute atomic E-state index is 14.1. The van der Waals surface area contributed by atoms with Crippen molar-refractivity contribution in [3.05, 3.63) is 32.4 Å². The van der Waals surface area contributed by atoms with Crippen LogP contribution in [0.1, 0.15) is 51.2 Å². The number of piperidine rings is 1. The Balaban J connectivity index is 1.88. The summed E-state index contributed by atoms with van der Waals surface area (Å²) in [5, 5.41) is 0. The smallest absolute Gasteiger partial charge is 0.410 e. The monoisotopic (exact) mass is 493 g/mol. The predicted octanol–water partition coefficient (Wildman–Crippen LogP) is 5.03. The summed E-state index contributed by atoms with van der Waals surface area (Å²) >= 11 is 1.94. The zero-order valence-corrected chi connectivity index (χ0v) is 18.4. The Morgan fingerprint density at radius 2 is 1.81 bits per heavy atom. The highest BCUT2D eigenvalue weighted by Gasteiger charge is 2.28. The number of carbonyl (C=O) groups excluding carboxylic acids is 2. The first-order chi connectivity index (χ1) is 12.5. The Morgan fingerprint density at radius 3 is 2.37 bits per heavy atom. The van der Waals surface area contributed by atoms with E-state index < -0.39 is 17.2 Å². The lowest BCUT2D eigenvalue weighted by molar-refractivity contribution is -0.119. The molecule has 1 aromatic carbocycles. The third-order valence-corrected chi connectivity index (χ3v) is 5.55. The molecule has 0 aromatic heterocycles. The molecule has 1 fully saturated rings. The molecule has 1 aliphatic heterocycles. The molecule has 150 valence electrons. The van der Waals surface area contributed by atoms with Crippen LogP contribution < -0.4 is 0 Å². The second kappa shape index (κ2) is 8.84. The van der Waals surface area contributed by atoms with E-state index in [-0.39, 0.29) is 35.3 Å². The van der Waals surface area contributed by atoms with Gasteiger partial charge in [-0.05, 0) is 80.7 Å². The first-order valence-corrected chi connectivity index (χ1v) is 10.2. The topological polar surface area (TPSA) is 46.6 Å². The highest BCUT2D eigenvalue weighted by Crippen LogP contribution is 2.26. The van der Waals surface area contributed by atoms with Gasteiger partial charge in [0.1, 0.15) is 11.4 Å². The third kappa shape index (κ3) is 6.12. The van der Waals surface area contributed by atoms with Crippen molar-refractivity contribution < 1.29 is 23.1 Å². The number of ketones is 1. The van der Waals surface area contributed by atoms with Gasteiger partial charge < -0.3 is 9.64 Å². The SMILES string of the molecule is Cc1cc(I)c(CC(=O)CC2CCN(C(=O)OC(C)(C)C)CC2)c(F)c1F. The number of hydrogen-bond donors (Lipinski definition) is 0. The summed E-state index contributed by atoms with van der Waals surface area (Å²) in [6, 6.07) is 1.56. The van der Waals surface area contributed by atoms with Gasteiger partial charge in [-0.15, -0.1) is 0 Å². The van der Waals surface area contributed by atoms with Gasteiger partial charge in [-0.3, -0.25) is 4.79 Å². The van der Waals surface area contributed by atoms with Gasteiger partial charge in [0.25, 0.3) is 0 Å². The fourth-order valence-electron chi connectivity index (χ4n) is 3.15. The van der Waals surface area contributed by atoms with E-state index in [2.05, 4.69) is 0 Å². The maximum Gasteiger partial charge on any atom is 0.410 e. The molecule has 0 spiro atoms. The molecule has 1 aromatic rings. The predicted molar refractivity (Wildman–Crippen MR) is 108 cm³/mol. The van der Waals surface area contributed by atoms with E-state index in [1.54, 1.807) is 11.0 Å². The lowest BCUT2D eigenvalue weighted by Crippen LogP contribution is -2.42. The fraction of sp³-hybridized carbons (Fsp3) is 0.600. The van der Waals surface area contributed by atoms with E-state index >= 15 is 0 Å². The van der Waals surface area contributed by atoms with Gasteiger partial charge in [-0.2, -0.15) is 0 Å². The van der Waals surface area contributed by atoms with Crippen molar-refractivity contribution >= 4 is 34.5 Å². The summed E-state index contributed by atoms with van der Waals surface area (Å²) in [6.07, 6.45) is 1.28. The van der Waals surface area contributed by atoms with Crippen LogP contribution in [0.4, 0.5) is 13.6 Å². The molecule has 0 N–H and O–H groups in total. The van der Waals surface area contributed by atoms with Crippen LogP contribution in [0.15, 0.2) is 6.07 Å². The average Bonchev–Trinajstić information content (AvgIpc) is 2.56. The van der Waals surface area contributed by atoms with Gasteiger partial charge >= 0.3 is 6.09 Å². The van der Waals surface area contributed by atoms with Crippen molar-refractivity contribution in [2.75, 3.05) is 13.1 Å². The molecule has 1 saturated heterocycles. The van der Waals surface area contributed by atoms with Crippen LogP contribution in [-0.4, -0.2) is 35.5 Å².